The molecule has 6 rings (SSSR count). The molecule has 0 spiro atoms. The lowest BCUT2D eigenvalue weighted by Crippen LogP contribution is -2.00. The number of rotatable bonds is 5. The Morgan fingerprint density at radius 3 is 0.926 bits per heavy atom. The highest BCUT2D eigenvalue weighted by molar-refractivity contribution is 9.09. The van der Waals surface area contributed by atoms with Gasteiger partial charge in [0.05, 0.1) is 50.8 Å². The summed E-state index contributed by atoms with van der Waals surface area (Å²) in [5.74, 6) is 5.77. The number of aliphatic hydroxyl groups is 2. The van der Waals surface area contributed by atoms with Gasteiger partial charge in [0.1, 0.15) is 23.3 Å². The Hall–Kier alpha value is -2.38. The summed E-state index contributed by atoms with van der Waals surface area (Å²) in [6.45, 7) is 1.91. The van der Waals surface area contributed by atoms with Crippen molar-refractivity contribution in [3.8, 4) is 0 Å². The average molecular weight is 1030 g/mol. The lowest BCUT2D eigenvalue weighted by molar-refractivity contribution is -0.0467. The van der Waals surface area contributed by atoms with Crippen LogP contribution in [0.1, 0.15) is 44.4 Å². The van der Waals surface area contributed by atoms with Crippen molar-refractivity contribution in [2.45, 2.75) is 12.6 Å². The van der Waals surface area contributed by atoms with E-state index in [2.05, 4.69) is 63.7 Å². The summed E-state index contributed by atoms with van der Waals surface area (Å²) >= 11 is 11.8. The summed E-state index contributed by atoms with van der Waals surface area (Å²) in [6.07, 6.45) is -0.0256. The number of aliphatic hydroxyl groups excluding tert-OH is 2. The zero-order valence-electron chi connectivity index (χ0n) is 30.2. The largest absolute Gasteiger partial charge is 0.394 e. The van der Waals surface area contributed by atoms with E-state index < -0.39 is 24.2 Å². The molecular formula is C38H46Br4F4O8. The van der Waals surface area contributed by atoms with E-state index in [-0.39, 0.29) is 36.0 Å². The number of aldehydes is 2. The number of carbonyl (C=O) groups is 2. The van der Waals surface area contributed by atoms with E-state index in [4.69, 9.17) is 29.2 Å². The molecule has 4 aromatic carbocycles. The van der Waals surface area contributed by atoms with Gasteiger partial charge in [0, 0.05) is 11.1 Å². The molecule has 0 radical (unpaired) electrons. The molecule has 2 saturated heterocycles. The van der Waals surface area contributed by atoms with E-state index in [1.807, 2.05) is 23.3 Å². The van der Waals surface area contributed by atoms with E-state index >= 15 is 0 Å². The second kappa shape index (κ2) is 40.3. The van der Waals surface area contributed by atoms with Gasteiger partial charge in [0.25, 0.3) is 0 Å². The van der Waals surface area contributed by atoms with Crippen LogP contribution in [-0.4, -0.2) is 85.8 Å². The number of hydrogen-bond acceptors (Lipinski definition) is 8. The Kier molecular flexibility index (Phi) is 41.7. The second-order valence-corrected chi connectivity index (χ2v) is 8.92. The molecular weight excluding hydrogens is 980 g/mol. The highest BCUT2D eigenvalue weighted by atomic mass is 79.9. The molecule has 2 aliphatic rings. The van der Waals surface area contributed by atoms with E-state index in [1.165, 1.54) is 36.4 Å². The third kappa shape index (κ3) is 24.9. The SMILES string of the molecule is CBr.CBr.CBr.CBr.Fc1ccccc1C1OCCO1.Fc1ccccc1C1OCCO1.O=Cc1ccccc1F.O=Cc1ccccc1F.OCCO. The summed E-state index contributed by atoms with van der Waals surface area (Å²) in [6, 6.07) is 24.7. The summed E-state index contributed by atoms with van der Waals surface area (Å²) in [4.78, 5) is 20.0. The van der Waals surface area contributed by atoms with Gasteiger partial charge in [-0.05, 0) is 59.7 Å². The zero-order chi connectivity index (χ0) is 41.6. The molecule has 2 heterocycles. The van der Waals surface area contributed by atoms with Gasteiger partial charge in [-0.1, -0.05) is 124 Å². The van der Waals surface area contributed by atoms with Crippen molar-refractivity contribution in [1.29, 1.82) is 0 Å². The van der Waals surface area contributed by atoms with Crippen LogP contribution < -0.4 is 0 Å². The number of ether oxygens (including phenoxy) is 4. The molecule has 2 N–H and O–H groups in total. The summed E-state index contributed by atoms with van der Waals surface area (Å²) in [7, 11) is 0. The number of alkyl halides is 4. The highest BCUT2D eigenvalue weighted by Gasteiger charge is 2.21. The molecule has 16 heteroatoms. The Bertz CT molecular complexity index is 1360. The Morgan fingerprint density at radius 1 is 0.481 bits per heavy atom. The fourth-order valence-electron chi connectivity index (χ4n) is 3.55. The molecule has 54 heavy (non-hydrogen) atoms. The van der Waals surface area contributed by atoms with Crippen LogP contribution >= 0.6 is 63.7 Å². The van der Waals surface area contributed by atoms with Gasteiger partial charge in [0.15, 0.2) is 25.2 Å². The van der Waals surface area contributed by atoms with Gasteiger partial charge in [0.2, 0.25) is 0 Å². The van der Waals surface area contributed by atoms with E-state index in [1.54, 1.807) is 60.7 Å². The van der Waals surface area contributed by atoms with Gasteiger partial charge >= 0.3 is 0 Å². The van der Waals surface area contributed by atoms with Crippen LogP contribution in [0.15, 0.2) is 97.1 Å². The first-order chi connectivity index (χ1) is 26.4. The van der Waals surface area contributed by atoms with E-state index in [0.717, 1.165) is 0 Å². The maximum atomic E-state index is 13.1. The van der Waals surface area contributed by atoms with E-state index in [0.29, 0.717) is 50.1 Å². The maximum absolute atomic E-state index is 13.1. The van der Waals surface area contributed by atoms with Crippen LogP contribution in [0.2, 0.25) is 0 Å². The van der Waals surface area contributed by atoms with Crippen molar-refractivity contribution in [2.75, 3.05) is 63.0 Å². The predicted octanol–water partition coefficient (Wildman–Crippen LogP) is 10.0. The minimum absolute atomic E-state index is 0.109. The number of hydrogen-bond donors (Lipinski definition) is 2. The van der Waals surface area contributed by atoms with Crippen molar-refractivity contribution in [1.82, 2.24) is 0 Å². The van der Waals surface area contributed by atoms with Gasteiger partial charge < -0.3 is 29.2 Å². The maximum Gasteiger partial charge on any atom is 0.186 e. The molecule has 4 aromatic rings. The lowest BCUT2D eigenvalue weighted by Gasteiger charge is -2.09. The zero-order valence-corrected chi connectivity index (χ0v) is 36.5. The minimum atomic E-state index is -0.508. The van der Waals surface area contributed by atoms with Crippen molar-refractivity contribution in [3.63, 3.8) is 0 Å². The van der Waals surface area contributed by atoms with Crippen LogP contribution in [0, 0.1) is 23.3 Å². The Morgan fingerprint density at radius 2 is 0.722 bits per heavy atom. The first-order valence-corrected chi connectivity index (χ1v) is 21.8. The predicted molar refractivity (Wildman–Crippen MR) is 219 cm³/mol. The van der Waals surface area contributed by atoms with Crippen molar-refractivity contribution in [2.24, 2.45) is 0 Å². The molecule has 0 unspecified atom stereocenters. The first-order valence-electron chi connectivity index (χ1n) is 15.4. The van der Waals surface area contributed by atoms with Crippen LogP contribution in [0.3, 0.4) is 0 Å². The van der Waals surface area contributed by atoms with Gasteiger partial charge in [-0.3, -0.25) is 9.59 Å². The molecule has 0 amide bonds. The van der Waals surface area contributed by atoms with Gasteiger partial charge in [-0.15, -0.1) is 0 Å². The summed E-state index contributed by atoms with van der Waals surface area (Å²) < 4.78 is 71.5. The summed E-state index contributed by atoms with van der Waals surface area (Å²) in [5.41, 5.74) is 1.18. The fraction of sp³-hybridized carbons (Fsp3) is 0.316. The van der Waals surface area contributed by atoms with E-state index in [9.17, 15) is 27.2 Å². The number of benzene rings is 4. The first kappa shape index (κ1) is 56.0. The minimum Gasteiger partial charge on any atom is -0.394 e. The molecule has 2 aliphatic heterocycles. The number of carbonyl (C=O) groups excluding carboxylic acids is 2. The van der Waals surface area contributed by atoms with Crippen molar-refractivity contribution in [3.05, 3.63) is 143 Å². The molecule has 2 fully saturated rings. The fourth-order valence-corrected chi connectivity index (χ4v) is 3.55. The molecule has 0 saturated carbocycles. The van der Waals surface area contributed by atoms with Crippen LogP contribution in [0.4, 0.5) is 17.6 Å². The van der Waals surface area contributed by atoms with Crippen molar-refractivity contribution >= 4 is 76.3 Å². The average Bonchev–Trinajstić information content (AvgIpc) is 3.99. The van der Waals surface area contributed by atoms with Crippen LogP contribution in [0.25, 0.3) is 0 Å². The second-order valence-electron chi connectivity index (χ2n) is 8.92. The topological polar surface area (TPSA) is 112 Å². The van der Waals surface area contributed by atoms with Gasteiger partial charge in [-0.2, -0.15) is 0 Å². The molecule has 0 aromatic heterocycles. The Labute approximate surface area is 348 Å². The molecule has 0 aliphatic carbocycles. The van der Waals surface area contributed by atoms with Gasteiger partial charge in [-0.25, -0.2) is 17.6 Å². The summed E-state index contributed by atoms with van der Waals surface area (Å²) in [5, 5.41) is 15.2. The molecule has 302 valence electrons. The number of halogens is 8. The highest BCUT2D eigenvalue weighted by Crippen LogP contribution is 2.25. The standard InChI is InChI=1S/2C9H9FO2.2C7H5FO.C2H6O2.4CH3Br/c2*10-8-4-2-1-3-7(8)9-11-5-6-12-9;2*8-7-4-2-1-3-6(7)5-9;3-1-2-4;4*1-2/h2*1-4,9H,5-6H2;2*1-5H;3-4H,1-2H2;4*1H3. The Balaban J connectivity index is -0.000000590. The third-order valence-electron chi connectivity index (χ3n) is 5.73. The van der Waals surface area contributed by atoms with Crippen LogP contribution in [0.5, 0.6) is 0 Å². The quantitative estimate of drug-likeness (QED) is 0.116. The molecule has 0 bridgehead atoms. The van der Waals surface area contributed by atoms with Crippen LogP contribution in [-0.2, 0) is 18.9 Å². The van der Waals surface area contributed by atoms with Crippen molar-refractivity contribution < 1.29 is 56.3 Å². The monoisotopic (exact) mass is 1020 g/mol. The molecule has 0 atom stereocenters. The molecule has 8 nitrogen and oxygen atoms in total. The third-order valence-corrected chi connectivity index (χ3v) is 5.73. The lowest BCUT2D eigenvalue weighted by atomic mass is 10.2. The smallest absolute Gasteiger partial charge is 0.186 e. The normalized spacial score (nSPS) is 12.2.